The van der Waals surface area contributed by atoms with E-state index in [0.29, 0.717) is 11.5 Å². The van der Waals surface area contributed by atoms with Crippen LogP contribution >= 0.6 is 0 Å². The Bertz CT molecular complexity index is 781. The number of amides is 1. The van der Waals surface area contributed by atoms with Gasteiger partial charge in [-0.15, -0.1) is 10.2 Å². The number of benzene rings is 1. The number of rotatable bonds is 6. The van der Waals surface area contributed by atoms with Crippen LogP contribution in [0.5, 0.6) is 0 Å². The SMILES string of the molecule is O=C(CCS(=O)(=O)C1CCCC1)Nc1ccc(-c2nn[nH]n2)cc1. The van der Waals surface area contributed by atoms with Crippen molar-refractivity contribution in [1.29, 1.82) is 0 Å². The highest BCUT2D eigenvalue weighted by atomic mass is 32.2. The zero-order chi connectivity index (χ0) is 17.0. The maximum absolute atomic E-state index is 12.2. The summed E-state index contributed by atoms with van der Waals surface area (Å²) >= 11 is 0. The van der Waals surface area contributed by atoms with Crippen molar-refractivity contribution in [2.75, 3.05) is 11.1 Å². The summed E-state index contributed by atoms with van der Waals surface area (Å²) in [5, 5.41) is 16.0. The van der Waals surface area contributed by atoms with Crippen LogP contribution < -0.4 is 5.32 Å². The van der Waals surface area contributed by atoms with E-state index in [1.165, 1.54) is 0 Å². The van der Waals surface area contributed by atoms with Crippen molar-refractivity contribution >= 4 is 21.4 Å². The molecule has 0 unspecified atom stereocenters. The van der Waals surface area contributed by atoms with Crippen molar-refractivity contribution < 1.29 is 13.2 Å². The van der Waals surface area contributed by atoms with Gasteiger partial charge in [-0.05, 0) is 42.3 Å². The summed E-state index contributed by atoms with van der Waals surface area (Å²) in [7, 11) is -3.17. The summed E-state index contributed by atoms with van der Waals surface area (Å²) in [5.41, 5.74) is 1.37. The zero-order valence-electron chi connectivity index (χ0n) is 13.1. The first-order valence-electron chi connectivity index (χ1n) is 7.90. The van der Waals surface area contributed by atoms with E-state index in [1.54, 1.807) is 24.3 Å². The second-order valence-electron chi connectivity index (χ2n) is 5.88. The standard InChI is InChI=1S/C15H19N5O3S/c21-14(9-10-24(22,23)13-3-1-2-4-13)16-12-7-5-11(6-8-12)15-17-19-20-18-15/h5-8,13H,1-4,9-10H2,(H,16,21)(H,17,18,19,20). The topological polar surface area (TPSA) is 118 Å². The Morgan fingerprint density at radius 1 is 1.21 bits per heavy atom. The van der Waals surface area contributed by atoms with Gasteiger partial charge < -0.3 is 5.32 Å². The van der Waals surface area contributed by atoms with Gasteiger partial charge in [-0.25, -0.2) is 8.42 Å². The normalized spacial score (nSPS) is 15.5. The molecule has 128 valence electrons. The largest absolute Gasteiger partial charge is 0.326 e. The number of carbonyl (C=O) groups is 1. The van der Waals surface area contributed by atoms with Crippen LogP contribution in [0.2, 0.25) is 0 Å². The van der Waals surface area contributed by atoms with Crippen LogP contribution in [0, 0.1) is 0 Å². The number of hydrogen-bond acceptors (Lipinski definition) is 6. The van der Waals surface area contributed by atoms with Crippen LogP contribution in [0.1, 0.15) is 32.1 Å². The minimum atomic E-state index is -3.17. The lowest BCUT2D eigenvalue weighted by atomic mass is 10.2. The van der Waals surface area contributed by atoms with Crippen molar-refractivity contribution in [2.45, 2.75) is 37.4 Å². The molecule has 1 saturated carbocycles. The minimum absolute atomic E-state index is 0.0224. The average Bonchev–Trinajstić information content (AvgIpc) is 3.27. The third kappa shape index (κ3) is 3.97. The number of tetrazole rings is 1. The molecule has 2 aromatic rings. The highest BCUT2D eigenvalue weighted by Gasteiger charge is 2.28. The molecule has 0 atom stereocenters. The van der Waals surface area contributed by atoms with Crippen molar-refractivity contribution in [2.24, 2.45) is 0 Å². The maximum Gasteiger partial charge on any atom is 0.225 e. The van der Waals surface area contributed by atoms with Gasteiger partial charge in [-0.2, -0.15) is 5.21 Å². The first-order chi connectivity index (χ1) is 11.5. The number of nitrogens with zero attached hydrogens (tertiary/aromatic N) is 3. The first-order valence-corrected chi connectivity index (χ1v) is 9.61. The third-order valence-corrected chi connectivity index (χ3v) is 6.46. The van der Waals surface area contributed by atoms with Crippen LogP contribution in [-0.2, 0) is 14.6 Å². The Morgan fingerprint density at radius 3 is 2.54 bits per heavy atom. The second-order valence-corrected chi connectivity index (χ2v) is 8.29. The summed E-state index contributed by atoms with van der Waals surface area (Å²) in [6.45, 7) is 0. The predicted octanol–water partition coefficient (Wildman–Crippen LogP) is 1.55. The van der Waals surface area contributed by atoms with Crippen LogP contribution in [0.3, 0.4) is 0 Å². The molecular weight excluding hydrogens is 330 g/mol. The van der Waals surface area contributed by atoms with Gasteiger partial charge in [0.25, 0.3) is 0 Å². The Kier molecular flexibility index (Phi) is 4.89. The molecule has 0 spiro atoms. The van der Waals surface area contributed by atoms with Crippen LogP contribution in [0.25, 0.3) is 11.4 Å². The number of aromatic nitrogens is 4. The smallest absolute Gasteiger partial charge is 0.225 e. The van der Waals surface area contributed by atoms with Crippen molar-refractivity contribution in [3.8, 4) is 11.4 Å². The molecule has 1 aliphatic carbocycles. The fraction of sp³-hybridized carbons (Fsp3) is 0.467. The summed E-state index contributed by atoms with van der Waals surface area (Å²) in [6.07, 6.45) is 3.35. The van der Waals surface area contributed by atoms with Gasteiger partial charge in [0.1, 0.15) is 0 Å². The number of aromatic amines is 1. The lowest BCUT2D eigenvalue weighted by molar-refractivity contribution is -0.115. The van der Waals surface area contributed by atoms with Crippen LogP contribution in [0.4, 0.5) is 5.69 Å². The molecule has 9 heteroatoms. The summed E-state index contributed by atoms with van der Waals surface area (Å²) in [4.78, 5) is 12.0. The van der Waals surface area contributed by atoms with E-state index in [0.717, 1.165) is 31.2 Å². The molecule has 0 aliphatic heterocycles. The van der Waals surface area contributed by atoms with Gasteiger partial charge in [0.15, 0.2) is 9.84 Å². The summed E-state index contributed by atoms with van der Waals surface area (Å²) in [6, 6.07) is 6.95. The molecule has 0 bridgehead atoms. The fourth-order valence-electron chi connectivity index (χ4n) is 2.86. The zero-order valence-corrected chi connectivity index (χ0v) is 13.9. The Hall–Kier alpha value is -2.29. The molecule has 1 fully saturated rings. The minimum Gasteiger partial charge on any atom is -0.326 e. The summed E-state index contributed by atoms with van der Waals surface area (Å²) in [5.74, 6) is 0.0733. The quantitative estimate of drug-likeness (QED) is 0.817. The highest BCUT2D eigenvalue weighted by molar-refractivity contribution is 7.92. The molecule has 1 aromatic heterocycles. The Morgan fingerprint density at radius 2 is 1.92 bits per heavy atom. The monoisotopic (exact) mass is 349 g/mol. The molecule has 0 radical (unpaired) electrons. The van der Waals surface area contributed by atoms with Gasteiger partial charge in [0.05, 0.1) is 11.0 Å². The Balaban J connectivity index is 1.53. The molecule has 1 heterocycles. The number of nitrogens with one attached hydrogen (secondary N) is 2. The Labute approximate surface area is 140 Å². The first kappa shape index (κ1) is 16.6. The van der Waals surface area contributed by atoms with Gasteiger partial charge in [0, 0.05) is 17.7 Å². The van der Waals surface area contributed by atoms with Crippen molar-refractivity contribution in [1.82, 2.24) is 20.6 Å². The predicted molar refractivity (Wildman–Crippen MR) is 88.9 cm³/mol. The third-order valence-electron chi connectivity index (χ3n) is 4.20. The fourth-order valence-corrected chi connectivity index (χ4v) is 4.71. The van der Waals surface area contributed by atoms with Crippen molar-refractivity contribution in [3.63, 3.8) is 0 Å². The number of anilines is 1. The van der Waals surface area contributed by atoms with Crippen molar-refractivity contribution in [3.05, 3.63) is 24.3 Å². The van der Waals surface area contributed by atoms with E-state index < -0.39 is 9.84 Å². The van der Waals surface area contributed by atoms with E-state index in [-0.39, 0.29) is 23.3 Å². The number of sulfone groups is 1. The molecule has 1 aromatic carbocycles. The van der Waals surface area contributed by atoms with E-state index in [9.17, 15) is 13.2 Å². The van der Waals surface area contributed by atoms with Gasteiger partial charge in [-0.1, -0.05) is 12.8 Å². The molecule has 2 N–H and O–H groups in total. The number of H-pyrrole nitrogens is 1. The van der Waals surface area contributed by atoms with Crippen LogP contribution in [-0.4, -0.2) is 46.0 Å². The highest BCUT2D eigenvalue weighted by Crippen LogP contribution is 2.25. The average molecular weight is 349 g/mol. The second kappa shape index (κ2) is 7.08. The van der Waals surface area contributed by atoms with E-state index in [4.69, 9.17) is 0 Å². The molecule has 0 saturated heterocycles. The molecule has 8 nitrogen and oxygen atoms in total. The molecule has 1 aliphatic rings. The van der Waals surface area contributed by atoms with Gasteiger partial charge in [-0.3, -0.25) is 4.79 Å². The maximum atomic E-state index is 12.2. The molecule has 1 amide bonds. The van der Waals surface area contributed by atoms with Gasteiger partial charge >= 0.3 is 0 Å². The van der Waals surface area contributed by atoms with Crippen LogP contribution in [0.15, 0.2) is 24.3 Å². The lowest BCUT2D eigenvalue weighted by Crippen LogP contribution is -2.24. The van der Waals surface area contributed by atoms with E-state index in [2.05, 4.69) is 25.9 Å². The summed E-state index contributed by atoms with van der Waals surface area (Å²) < 4.78 is 24.3. The molecule has 3 rings (SSSR count). The van der Waals surface area contributed by atoms with Gasteiger partial charge in [0.2, 0.25) is 11.7 Å². The molecular formula is C15H19N5O3S. The molecule has 24 heavy (non-hydrogen) atoms. The lowest BCUT2D eigenvalue weighted by Gasteiger charge is -2.11. The number of carbonyl (C=O) groups excluding carboxylic acids is 1. The number of hydrogen-bond donors (Lipinski definition) is 2. The van der Waals surface area contributed by atoms with E-state index in [1.807, 2.05) is 0 Å². The van der Waals surface area contributed by atoms with E-state index >= 15 is 0 Å².